The predicted molar refractivity (Wildman–Crippen MR) is 105 cm³/mol. The Morgan fingerprint density at radius 2 is 2.04 bits per heavy atom. The zero-order valence-corrected chi connectivity index (χ0v) is 15.6. The topological polar surface area (TPSA) is 56.6 Å². The van der Waals surface area contributed by atoms with Crippen LogP contribution in [-0.2, 0) is 0 Å². The standard InChI is InChI=1S/C20H19ClN2O2S/c21-13-6-7-15-16(8-13)26-19(22-15)23-9-17(25)20(11-23)14(10-24)18(20)12-4-2-1-3-5-12/h1-8,14,17-18,24-25H,9-11H2/t14-,17+,18-,20-/m1/s1. The van der Waals surface area contributed by atoms with Crippen LogP contribution in [0.25, 0.3) is 10.2 Å². The second-order valence-corrected chi connectivity index (χ2v) is 8.74. The van der Waals surface area contributed by atoms with E-state index in [1.807, 2.05) is 36.4 Å². The Morgan fingerprint density at radius 3 is 2.81 bits per heavy atom. The fourth-order valence-electron chi connectivity index (χ4n) is 4.74. The van der Waals surface area contributed by atoms with Gasteiger partial charge in [-0.25, -0.2) is 4.98 Å². The number of hydrogen-bond acceptors (Lipinski definition) is 5. The van der Waals surface area contributed by atoms with Crippen molar-refractivity contribution in [3.05, 3.63) is 59.1 Å². The predicted octanol–water partition coefficient (Wildman–Crippen LogP) is 3.52. The summed E-state index contributed by atoms with van der Waals surface area (Å²) in [5.74, 6) is 0.284. The lowest BCUT2D eigenvalue weighted by Gasteiger charge is -2.15. The average molecular weight is 387 g/mol. The summed E-state index contributed by atoms with van der Waals surface area (Å²) in [6, 6.07) is 15.9. The molecule has 3 aromatic rings. The van der Waals surface area contributed by atoms with E-state index in [1.165, 1.54) is 5.56 Å². The highest BCUT2D eigenvalue weighted by atomic mass is 35.5. The van der Waals surface area contributed by atoms with Crippen LogP contribution in [0.5, 0.6) is 0 Å². The van der Waals surface area contributed by atoms with E-state index in [2.05, 4.69) is 17.0 Å². The molecule has 2 aromatic carbocycles. The van der Waals surface area contributed by atoms with E-state index in [0.717, 1.165) is 15.3 Å². The lowest BCUT2D eigenvalue weighted by molar-refractivity contribution is 0.113. The van der Waals surface area contributed by atoms with Crippen LogP contribution in [0.15, 0.2) is 48.5 Å². The molecule has 0 unspecified atom stereocenters. The number of aliphatic hydroxyl groups is 2. The minimum atomic E-state index is -0.472. The number of aromatic nitrogens is 1. The molecule has 4 atom stereocenters. The molecule has 1 aliphatic carbocycles. The van der Waals surface area contributed by atoms with Crippen LogP contribution in [0.1, 0.15) is 11.5 Å². The molecule has 2 aliphatic rings. The van der Waals surface area contributed by atoms with Crippen molar-refractivity contribution >= 4 is 38.3 Å². The molecule has 1 spiro atoms. The second-order valence-electron chi connectivity index (χ2n) is 7.29. The molecule has 4 nitrogen and oxygen atoms in total. The third-order valence-electron chi connectivity index (χ3n) is 6.01. The Kier molecular flexibility index (Phi) is 3.76. The molecule has 2 fully saturated rings. The van der Waals surface area contributed by atoms with E-state index >= 15 is 0 Å². The molecule has 0 amide bonds. The lowest BCUT2D eigenvalue weighted by Crippen LogP contribution is -2.23. The minimum absolute atomic E-state index is 0.0914. The van der Waals surface area contributed by atoms with Gasteiger partial charge in [-0.3, -0.25) is 0 Å². The first-order chi connectivity index (χ1) is 12.6. The van der Waals surface area contributed by atoms with E-state index in [1.54, 1.807) is 11.3 Å². The summed E-state index contributed by atoms with van der Waals surface area (Å²) in [5, 5.41) is 22.4. The molecule has 2 N–H and O–H groups in total. The minimum Gasteiger partial charge on any atom is -0.396 e. The molecular weight excluding hydrogens is 368 g/mol. The Balaban J connectivity index is 1.47. The number of fused-ring (bicyclic) bond motifs is 1. The molecular formula is C20H19ClN2O2S. The second kappa shape index (κ2) is 5.92. The van der Waals surface area contributed by atoms with E-state index in [0.29, 0.717) is 18.1 Å². The van der Waals surface area contributed by atoms with Crippen molar-refractivity contribution in [2.45, 2.75) is 12.0 Å². The quantitative estimate of drug-likeness (QED) is 0.723. The Hall–Kier alpha value is -1.66. The van der Waals surface area contributed by atoms with Crippen molar-refractivity contribution in [1.29, 1.82) is 0 Å². The number of nitrogens with zero attached hydrogens (tertiary/aromatic N) is 2. The van der Waals surface area contributed by atoms with Crippen molar-refractivity contribution in [2.24, 2.45) is 11.3 Å². The molecule has 5 rings (SSSR count). The fraction of sp³-hybridized carbons (Fsp3) is 0.350. The first-order valence-corrected chi connectivity index (χ1v) is 9.98. The first kappa shape index (κ1) is 16.5. The van der Waals surface area contributed by atoms with Crippen molar-refractivity contribution in [3.63, 3.8) is 0 Å². The van der Waals surface area contributed by atoms with Crippen molar-refractivity contribution < 1.29 is 10.2 Å². The number of β-amino-alcohol motifs (C(OH)–C–C–N with tert-alkyl or cyclic N) is 1. The van der Waals surface area contributed by atoms with Gasteiger partial charge in [0.05, 0.1) is 16.3 Å². The highest BCUT2D eigenvalue weighted by molar-refractivity contribution is 7.22. The van der Waals surface area contributed by atoms with Gasteiger partial charge in [0, 0.05) is 30.1 Å². The van der Waals surface area contributed by atoms with Crippen LogP contribution in [0.4, 0.5) is 5.13 Å². The van der Waals surface area contributed by atoms with Crippen molar-refractivity contribution in [1.82, 2.24) is 4.98 Å². The monoisotopic (exact) mass is 386 g/mol. The molecule has 1 aromatic heterocycles. The highest BCUT2D eigenvalue weighted by Crippen LogP contribution is 2.69. The maximum absolute atomic E-state index is 10.9. The van der Waals surface area contributed by atoms with Gasteiger partial charge < -0.3 is 15.1 Å². The Labute approximate surface area is 160 Å². The molecule has 2 heterocycles. The van der Waals surface area contributed by atoms with Gasteiger partial charge in [0.25, 0.3) is 0 Å². The van der Waals surface area contributed by atoms with Crippen LogP contribution in [0, 0.1) is 11.3 Å². The average Bonchev–Trinajstić information content (AvgIpc) is 2.91. The number of halogens is 1. The molecule has 6 heteroatoms. The summed E-state index contributed by atoms with van der Waals surface area (Å²) in [7, 11) is 0. The van der Waals surface area contributed by atoms with Crippen molar-refractivity contribution in [3.8, 4) is 0 Å². The van der Waals surface area contributed by atoms with Gasteiger partial charge >= 0.3 is 0 Å². The number of thiazole rings is 1. The smallest absolute Gasteiger partial charge is 0.186 e. The maximum Gasteiger partial charge on any atom is 0.186 e. The third-order valence-corrected chi connectivity index (χ3v) is 7.32. The molecule has 0 bridgehead atoms. The van der Waals surface area contributed by atoms with E-state index < -0.39 is 6.10 Å². The summed E-state index contributed by atoms with van der Waals surface area (Å²) in [6.07, 6.45) is -0.472. The lowest BCUT2D eigenvalue weighted by atomic mass is 9.95. The van der Waals surface area contributed by atoms with Crippen LogP contribution in [-0.4, -0.2) is 41.0 Å². The third kappa shape index (κ3) is 2.31. The SMILES string of the molecule is OC[C@@H]1[C@@H](c2ccccc2)[C@]12CN(c1nc3ccc(Cl)cc3s1)C[C@@H]2O. The van der Waals surface area contributed by atoms with Gasteiger partial charge in [-0.05, 0) is 35.6 Å². The van der Waals surface area contributed by atoms with Crippen molar-refractivity contribution in [2.75, 3.05) is 24.6 Å². The molecule has 1 saturated carbocycles. The molecule has 1 aliphatic heterocycles. The van der Waals surface area contributed by atoms with Crippen LogP contribution in [0.2, 0.25) is 5.02 Å². The zero-order chi connectivity index (χ0) is 17.9. The van der Waals surface area contributed by atoms with Crippen LogP contribution >= 0.6 is 22.9 Å². The fourth-order valence-corrected chi connectivity index (χ4v) is 5.99. The highest BCUT2D eigenvalue weighted by Gasteiger charge is 2.71. The first-order valence-electron chi connectivity index (χ1n) is 8.78. The summed E-state index contributed by atoms with van der Waals surface area (Å²) in [6.45, 7) is 1.36. The zero-order valence-electron chi connectivity index (χ0n) is 14.0. The van der Waals surface area contributed by atoms with Gasteiger partial charge in [-0.15, -0.1) is 0 Å². The molecule has 0 radical (unpaired) electrons. The van der Waals surface area contributed by atoms with Crippen LogP contribution in [0.3, 0.4) is 0 Å². The van der Waals surface area contributed by atoms with E-state index in [-0.39, 0.29) is 23.9 Å². The van der Waals surface area contributed by atoms with Gasteiger partial charge in [0.1, 0.15) is 0 Å². The van der Waals surface area contributed by atoms with Gasteiger partial charge in [0.2, 0.25) is 0 Å². The number of anilines is 1. The number of hydrogen-bond donors (Lipinski definition) is 2. The summed E-state index contributed by atoms with van der Waals surface area (Å²) in [4.78, 5) is 6.89. The van der Waals surface area contributed by atoms with Gasteiger partial charge in [0.15, 0.2) is 5.13 Å². The molecule has 1 saturated heterocycles. The van der Waals surface area contributed by atoms with E-state index in [4.69, 9.17) is 16.6 Å². The Bertz CT molecular complexity index is 963. The summed E-state index contributed by atoms with van der Waals surface area (Å²) < 4.78 is 1.05. The normalized spacial score (nSPS) is 30.4. The summed E-state index contributed by atoms with van der Waals surface area (Å²) >= 11 is 7.69. The number of aliphatic hydroxyl groups excluding tert-OH is 2. The maximum atomic E-state index is 10.9. The molecule has 134 valence electrons. The van der Waals surface area contributed by atoms with Gasteiger partial charge in [-0.2, -0.15) is 0 Å². The molecule has 26 heavy (non-hydrogen) atoms. The number of benzene rings is 2. The Morgan fingerprint density at radius 1 is 1.23 bits per heavy atom. The van der Waals surface area contributed by atoms with Crippen LogP contribution < -0.4 is 4.90 Å². The number of rotatable bonds is 3. The van der Waals surface area contributed by atoms with E-state index in [9.17, 15) is 10.2 Å². The summed E-state index contributed by atoms with van der Waals surface area (Å²) in [5.41, 5.74) is 1.84. The van der Waals surface area contributed by atoms with Gasteiger partial charge in [-0.1, -0.05) is 53.3 Å². The largest absolute Gasteiger partial charge is 0.396 e.